The normalized spacial score (nSPS) is 11.5. The van der Waals surface area contributed by atoms with Crippen LogP contribution in [0.1, 0.15) is 22.8 Å². The Balaban J connectivity index is 2.21. The smallest absolute Gasteiger partial charge is 0.175 e. The van der Waals surface area contributed by atoms with Crippen LogP contribution in [0.15, 0.2) is 41.6 Å². The number of benzene rings is 1. The Labute approximate surface area is 118 Å². The number of rotatable bonds is 5. The Morgan fingerprint density at radius 1 is 1.35 bits per heavy atom. The summed E-state index contributed by atoms with van der Waals surface area (Å²) in [7, 11) is -3.30. The van der Waals surface area contributed by atoms with E-state index in [9.17, 15) is 13.2 Å². The first-order chi connectivity index (χ1) is 9.40. The number of aryl methyl sites for hydroxylation is 1. The van der Waals surface area contributed by atoms with E-state index in [4.69, 9.17) is 0 Å². The van der Waals surface area contributed by atoms with Gasteiger partial charge in [0.15, 0.2) is 15.6 Å². The molecule has 1 aromatic carbocycles. The van der Waals surface area contributed by atoms with Gasteiger partial charge in [0, 0.05) is 31.0 Å². The fourth-order valence-corrected chi connectivity index (χ4v) is 2.53. The molecule has 106 valence electrons. The predicted molar refractivity (Wildman–Crippen MR) is 75.5 cm³/mol. The molecule has 0 fully saturated rings. The zero-order chi connectivity index (χ0) is 14.8. The van der Waals surface area contributed by atoms with Crippen molar-refractivity contribution in [2.75, 3.05) is 6.26 Å². The van der Waals surface area contributed by atoms with E-state index in [2.05, 4.69) is 5.10 Å². The second-order valence-corrected chi connectivity index (χ2v) is 6.62. The van der Waals surface area contributed by atoms with Gasteiger partial charge < -0.3 is 0 Å². The van der Waals surface area contributed by atoms with E-state index in [1.54, 1.807) is 23.0 Å². The Bertz CT molecular complexity index is 732. The quantitative estimate of drug-likeness (QED) is 0.787. The molecule has 1 aromatic heterocycles. The SMILES string of the molecule is CCn1cc(CC(=O)c2cccc(S(C)(=O)=O)c2)cn1. The van der Waals surface area contributed by atoms with E-state index in [1.807, 2.05) is 13.1 Å². The molecule has 0 N–H and O–H groups in total. The monoisotopic (exact) mass is 292 g/mol. The lowest BCUT2D eigenvalue weighted by atomic mass is 10.1. The Kier molecular flexibility index (Phi) is 4.04. The van der Waals surface area contributed by atoms with Gasteiger partial charge in [0.1, 0.15) is 0 Å². The van der Waals surface area contributed by atoms with Crippen LogP contribution in [0, 0.1) is 0 Å². The standard InChI is InChI=1S/C14H16N2O3S/c1-3-16-10-11(9-15-16)7-14(17)12-5-4-6-13(8-12)20(2,18)19/h4-6,8-10H,3,7H2,1-2H3. The molecular weight excluding hydrogens is 276 g/mol. The summed E-state index contributed by atoms with van der Waals surface area (Å²) in [6, 6.07) is 6.11. The minimum Gasteiger partial charge on any atom is -0.294 e. The van der Waals surface area contributed by atoms with Crippen LogP contribution in [0.4, 0.5) is 0 Å². The first-order valence-corrected chi connectivity index (χ1v) is 8.14. The second-order valence-electron chi connectivity index (χ2n) is 4.60. The molecule has 0 spiro atoms. The lowest BCUT2D eigenvalue weighted by Gasteiger charge is -2.02. The number of hydrogen-bond acceptors (Lipinski definition) is 4. The van der Waals surface area contributed by atoms with Gasteiger partial charge in [-0.05, 0) is 24.6 Å². The highest BCUT2D eigenvalue weighted by Gasteiger charge is 2.12. The van der Waals surface area contributed by atoms with E-state index in [0.717, 1.165) is 18.4 Å². The third-order valence-corrected chi connectivity index (χ3v) is 4.07. The predicted octanol–water partition coefficient (Wildman–Crippen LogP) is 1.73. The van der Waals surface area contributed by atoms with Crippen molar-refractivity contribution >= 4 is 15.6 Å². The maximum atomic E-state index is 12.2. The molecule has 1 heterocycles. The van der Waals surface area contributed by atoms with Crippen LogP contribution in [0.3, 0.4) is 0 Å². The number of sulfone groups is 1. The number of hydrogen-bond donors (Lipinski definition) is 0. The van der Waals surface area contributed by atoms with Gasteiger partial charge in [0.25, 0.3) is 0 Å². The summed E-state index contributed by atoms with van der Waals surface area (Å²) < 4.78 is 24.7. The summed E-state index contributed by atoms with van der Waals surface area (Å²) in [5.74, 6) is -0.119. The highest BCUT2D eigenvalue weighted by atomic mass is 32.2. The molecule has 2 rings (SSSR count). The van der Waals surface area contributed by atoms with E-state index in [-0.39, 0.29) is 17.1 Å². The van der Waals surface area contributed by atoms with E-state index in [0.29, 0.717) is 5.56 Å². The van der Waals surface area contributed by atoms with Crippen LogP contribution in [-0.2, 0) is 22.8 Å². The molecule has 5 nitrogen and oxygen atoms in total. The summed E-state index contributed by atoms with van der Waals surface area (Å²) >= 11 is 0. The van der Waals surface area contributed by atoms with Crippen molar-refractivity contribution in [1.82, 2.24) is 9.78 Å². The van der Waals surface area contributed by atoms with Crippen molar-refractivity contribution in [2.24, 2.45) is 0 Å². The molecule has 0 bridgehead atoms. The third-order valence-electron chi connectivity index (χ3n) is 2.96. The van der Waals surface area contributed by atoms with Gasteiger partial charge in [0.05, 0.1) is 11.1 Å². The molecule has 0 aliphatic heterocycles. The fourth-order valence-electron chi connectivity index (χ4n) is 1.86. The maximum Gasteiger partial charge on any atom is 0.175 e. The summed E-state index contributed by atoms with van der Waals surface area (Å²) in [6.07, 6.45) is 4.81. The molecule has 0 aliphatic rings. The molecule has 20 heavy (non-hydrogen) atoms. The van der Waals surface area contributed by atoms with Crippen LogP contribution in [-0.4, -0.2) is 30.2 Å². The summed E-state index contributed by atoms with van der Waals surface area (Å²) in [5, 5.41) is 4.11. The van der Waals surface area contributed by atoms with Crippen LogP contribution in [0.2, 0.25) is 0 Å². The number of Topliss-reactive ketones (excluding diaryl/α,β-unsaturated/α-hetero) is 1. The average molecular weight is 292 g/mol. The largest absolute Gasteiger partial charge is 0.294 e. The minimum absolute atomic E-state index is 0.119. The lowest BCUT2D eigenvalue weighted by Crippen LogP contribution is -2.05. The molecule has 6 heteroatoms. The van der Waals surface area contributed by atoms with Gasteiger partial charge in [-0.25, -0.2) is 8.42 Å². The molecular formula is C14H16N2O3S. The Hall–Kier alpha value is -1.95. The summed E-state index contributed by atoms with van der Waals surface area (Å²) in [4.78, 5) is 12.3. The zero-order valence-electron chi connectivity index (χ0n) is 11.4. The number of nitrogens with zero attached hydrogens (tertiary/aromatic N) is 2. The van der Waals surface area contributed by atoms with Gasteiger partial charge in [-0.3, -0.25) is 9.48 Å². The number of ketones is 1. The van der Waals surface area contributed by atoms with Crippen molar-refractivity contribution < 1.29 is 13.2 Å². The molecule has 0 saturated heterocycles. The van der Waals surface area contributed by atoms with Gasteiger partial charge in [0.2, 0.25) is 0 Å². The number of carbonyl (C=O) groups excluding carboxylic acids is 1. The average Bonchev–Trinajstić information content (AvgIpc) is 2.85. The van der Waals surface area contributed by atoms with Crippen molar-refractivity contribution in [3.05, 3.63) is 47.8 Å². The molecule has 2 aromatic rings. The maximum absolute atomic E-state index is 12.2. The summed E-state index contributed by atoms with van der Waals surface area (Å²) in [6.45, 7) is 2.71. The van der Waals surface area contributed by atoms with Crippen molar-refractivity contribution in [3.63, 3.8) is 0 Å². The van der Waals surface area contributed by atoms with Crippen molar-refractivity contribution in [2.45, 2.75) is 24.8 Å². The van der Waals surface area contributed by atoms with Crippen LogP contribution in [0.25, 0.3) is 0 Å². The van der Waals surface area contributed by atoms with Crippen LogP contribution >= 0.6 is 0 Å². The molecule has 0 atom stereocenters. The molecule has 0 unspecified atom stereocenters. The number of aromatic nitrogens is 2. The van der Waals surface area contributed by atoms with E-state index < -0.39 is 9.84 Å². The molecule has 0 radical (unpaired) electrons. The lowest BCUT2D eigenvalue weighted by molar-refractivity contribution is 0.0992. The third kappa shape index (κ3) is 3.33. The Morgan fingerprint density at radius 3 is 2.70 bits per heavy atom. The topological polar surface area (TPSA) is 69.0 Å². The highest BCUT2D eigenvalue weighted by Crippen LogP contribution is 2.13. The van der Waals surface area contributed by atoms with Gasteiger partial charge >= 0.3 is 0 Å². The van der Waals surface area contributed by atoms with Gasteiger partial charge in [-0.2, -0.15) is 5.10 Å². The zero-order valence-corrected chi connectivity index (χ0v) is 12.2. The van der Waals surface area contributed by atoms with Crippen molar-refractivity contribution in [1.29, 1.82) is 0 Å². The number of carbonyl (C=O) groups is 1. The highest BCUT2D eigenvalue weighted by molar-refractivity contribution is 7.90. The first-order valence-electron chi connectivity index (χ1n) is 6.25. The van der Waals surface area contributed by atoms with E-state index >= 15 is 0 Å². The Morgan fingerprint density at radius 2 is 2.10 bits per heavy atom. The van der Waals surface area contributed by atoms with Crippen LogP contribution in [0.5, 0.6) is 0 Å². The van der Waals surface area contributed by atoms with Crippen LogP contribution < -0.4 is 0 Å². The van der Waals surface area contributed by atoms with E-state index in [1.165, 1.54) is 12.1 Å². The fraction of sp³-hybridized carbons (Fsp3) is 0.286. The molecule has 0 amide bonds. The van der Waals surface area contributed by atoms with Gasteiger partial charge in [-0.15, -0.1) is 0 Å². The van der Waals surface area contributed by atoms with Crippen molar-refractivity contribution in [3.8, 4) is 0 Å². The second kappa shape index (κ2) is 5.58. The molecule has 0 aliphatic carbocycles. The van der Waals surface area contributed by atoms with Gasteiger partial charge in [-0.1, -0.05) is 12.1 Å². The summed E-state index contributed by atoms with van der Waals surface area (Å²) in [5.41, 5.74) is 1.22. The molecule has 0 saturated carbocycles. The first kappa shape index (κ1) is 14.5. The minimum atomic E-state index is -3.30.